The minimum atomic E-state index is -4.34. The van der Waals surface area contributed by atoms with Gasteiger partial charge in [0.2, 0.25) is 5.94 Å². The van der Waals surface area contributed by atoms with Crippen molar-refractivity contribution < 1.29 is 31.8 Å². The van der Waals surface area contributed by atoms with Gasteiger partial charge in [0.15, 0.2) is 0 Å². The topological polar surface area (TPSA) is 107 Å². The summed E-state index contributed by atoms with van der Waals surface area (Å²) < 4.78 is 31.8. The normalized spacial score (nSPS) is 20.2. The smallest absolute Gasteiger partial charge is 0.324 e. The zero-order chi connectivity index (χ0) is 14.8. The molecular weight excluding hydrogens is 278 g/mol. The highest BCUT2D eigenvalue weighted by atomic mass is 32.2. The van der Waals surface area contributed by atoms with Crippen LogP contribution in [-0.4, -0.2) is 37.2 Å². The second kappa shape index (κ2) is 5.66. The van der Waals surface area contributed by atoms with E-state index in [-0.39, 0.29) is 11.5 Å². The highest BCUT2D eigenvalue weighted by Gasteiger charge is 2.40. The third-order valence-corrected chi connectivity index (χ3v) is 3.12. The highest BCUT2D eigenvalue weighted by molar-refractivity contribution is 7.86. The molecule has 0 bridgehead atoms. The lowest BCUT2D eigenvalue weighted by atomic mass is 10.1. The Hall–Kier alpha value is -1.48. The first-order valence-electron chi connectivity index (χ1n) is 5.59. The summed E-state index contributed by atoms with van der Waals surface area (Å²) in [5.41, 5.74) is 0. The van der Waals surface area contributed by atoms with Crippen LogP contribution >= 0.6 is 0 Å². The molecule has 0 aliphatic carbocycles. The van der Waals surface area contributed by atoms with E-state index in [1.165, 1.54) is 20.8 Å². The summed E-state index contributed by atoms with van der Waals surface area (Å²) in [4.78, 5) is 33.9. The number of ether oxygens (including phenoxy) is 1. The van der Waals surface area contributed by atoms with Gasteiger partial charge in [0, 0.05) is 12.3 Å². The lowest BCUT2D eigenvalue weighted by Gasteiger charge is -2.13. The summed E-state index contributed by atoms with van der Waals surface area (Å²) in [6, 6.07) is 0. The van der Waals surface area contributed by atoms with Gasteiger partial charge in [0.25, 0.3) is 11.8 Å². The Balaban J connectivity index is 2.63. The van der Waals surface area contributed by atoms with Crippen molar-refractivity contribution in [3.8, 4) is 0 Å². The lowest BCUT2D eigenvalue weighted by Crippen LogP contribution is -2.34. The number of carbonyl (C=O) groups is 3. The van der Waals surface area contributed by atoms with Crippen LogP contribution in [0.4, 0.5) is 0 Å². The van der Waals surface area contributed by atoms with Gasteiger partial charge >= 0.3 is 16.1 Å². The fraction of sp³-hybridized carbons (Fsp3) is 0.700. The van der Waals surface area contributed by atoms with Crippen molar-refractivity contribution in [1.29, 1.82) is 0 Å². The minimum absolute atomic E-state index is 0.111. The van der Waals surface area contributed by atoms with Crippen molar-refractivity contribution in [2.75, 3.05) is 5.94 Å². The first kappa shape index (κ1) is 15.6. The van der Waals surface area contributed by atoms with E-state index in [1.54, 1.807) is 0 Å². The molecular formula is C10H15NO7S. The van der Waals surface area contributed by atoms with Crippen molar-refractivity contribution in [2.45, 2.75) is 27.2 Å². The number of carbonyl (C=O) groups excluding carboxylic acids is 3. The van der Waals surface area contributed by atoms with Crippen LogP contribution in [0.2, 0.25) is 0 Å². The van der Waals surface area contributed by atoms with E-state index >= 15 is 0 Å². The van der Waals surface area contributed by atoms with E-state index in [0.717, 1.165) is 0 Å². The third-order valence-electron chi connectivity index (χ3n) is 2.33. The number of imide groups is 1. The number of amides is 2. The highest BCUT2D eigenvalue weighted by Crippen LogP contribution is 2.20. The summed E-state index contributed by atoms with van der Waals surface area (Å²) in [7, 11) is -4.34. The maximum absolute atomic E-state index is 11.5. The van der Waals surface area contributed by atoms with E-state index in [4.69, 9.17) is 0 Å². The van der Waals surface area contributed by atoms with E-state index in [0.29, 0.717) is 0 Å². The van der Waals surface area contributed by atoms with Crippen LogP contribution in [0.15, 0.2) is 0 Å². The van der Waals surface area contributed by atoms with Gasteiger partial charge in [0.1, 0.15) is 0 Å². The van der Waals surface area contributed by atoms with Gasteiger partial charge in [-0.05, 0) is 0 Å². The van der Waals surface area contributed by atoms with Gasteiger partial charge in [-0.25, -0.2) is 0 Å². The predicted molar refractivity (Wildman–Crippen MR) is 61.4 cm³/mol. The average molecular weight is 293 g/mol. The zero-order valence-corrected chi connectivity index (χ0v) is 11.6. The van der Waals surface area contributed by atoms with Crippen LogP contribution in [0.1, 0.15) is 27.2 Å². The fourth-order valence-corrected chi connectivity index (χ4v) is 1.95. The summed E-state index contributed by atoms with van der Waals surface area (Å²) in [6.07, 6.45) is -0.111. The van der Waals surface area contributed by atoms with Crippen molar-refractivity contribution >= 4 is 27.9 Å². The second-order valence-electron chi connectivity index (χ2n) is 4.50. The monoisotopic (exact) mass is 293 g/mol. The maximum atomic E-state index is 11.5. The lowest BCUT2D eigenvalue weighted by molar-refractivity contribution is -0.165. The molecule has 0 aromatic heterocycles. The summed E-state index contributed by atoms with van der Waals surface area (Å²) in [6.45, 7) is 4.55. The Labute approximate surface area is 110 Å². The molecule has 1 aliphatic rings. The summed E-state index contributed by atoms with van der Waals surface area (Å²) in [5.74, 6) is -4.36. The van der Waals surface area contributed by atoms with Crippen molar-refractivity contribution in [2.24, 2.45) is 11.8 Å². The predicted octanol–water partition coefficient (Wildman–Crippen LogP) is -0.201. The van der Waals surface area contributed by atoms with Crippen LogP contribution in [0, 0.1) is 11.8 Å². The maximum Gasteiger partial charge on any atom is 0.324 e. The molecule has 108 valence electrons. The molecule has 1 aliphatic heterocycles. The van der Waals surface area contributed by atoms with Gasteiger partial charge in [0.05, 0.1) is 5.92 Å². The molecule has 9 heteroatoms. The van der Waals surface area contributed by atoms with Gasteiger partial charge < -0.3 is 4.74 Å². The molecule has 0 radical (unpaired) electrons. The van der Waals surface area contributed by atoms with Gasteiger partial charge in [-0.3, -0.25) is 14.4 Å². The van der Waals surface area contributed by atoms with E-state index in [1.807, 2.05) is 0 Å². The summed E-state index contributed by atoms with van der Waals surface area (Å²) >= 11 is 0. The molecule has 1 atom stereocenters. The molecule has 0 aromatic carbocycles. The zero-order valence-electron chi connectivity index (χ0n) is 10.8. The molecule has 1 heterocycles. The quantitative estimate of drug-likeness (QED) is 0.510. The Morgan fingerprint density at radius 1 is 1.42 bits per heavy atom. The largest absolute Gasteiger partial charge is 0.446 e. The van der Waals surface area contributed by atoms with Gasteiger partial charge in [-0.1, -0.05) is 20.8 Å². The van der Waals surface area contributed by atoms with Crippen LogP contribution in [0.5, 0.6) is 0 Å². The van der Waals surface area contributed by atoms with Gasteiger partial charge in [-0.15, -0.1) is 9.35 Å². The second-order valence-corrected chi connectivity index (χ2v) is 6.00. The molecule has 0 aromatic rings. The average Bonchev–Trinajstić information content (AvgIpc) is 2.52. The number of nitrogens with zero attached hydrogens (tertiary/aromatic N) is 1. The number of esters is 1. The van der Waals surface area contributed by atoms with E-state index in [9.17, 15) is 22.8 Å². The first-order valence-corrected chi connectivity index (χ1v) is 7.17. The number of hydroxylamine groups is 2. The fourth-order valence-electron chi connectivity index (χ4n) is 1.27. The molecule has 8 nitrogen and oxygen atoms in total. The van der Waals surface area contributed by atoms with Crippen LogP contribution in [0.3, 0.4) is 0 Å². The standard InChI is InChI=1S/C10H15NO7S/c1-6(2)10(14)17-5-19(15,16)18-11-8(12)4-7(3)9(11)13/h6-7H,4-5H2,1-3H3. The molecule has 2 amide bonds. The molecule has 1 unspecified atom stereocenters. The molecule has 19 heavy (non-hydrogen) atoms. The van der Waals surface area contributed by atoms with Gasteiger partial charge in [-0.2, -0.15) is 8.42 Å². The molecule has 0 N–H and O–H groups in total. The molecule has 0 saturated carbocycles. The van der Waals surface area contributed by atoms with E-state index < -0.39 is 45.7 Å². The first-order chi connectivity index (χ1) is 8.64. The van der Waals surface area contributed by atoms with Crippen molar-refractivity contribution in [1.82, 2.24) is 5.06 Å². The molecule has 1 rings (SSSR count). The minimum Gasteiger partial charge on any atom is -0.446 e. The van der Waals surface area contributed by atoms with Crippen LogP contribution in [-0.2, 0) is 33.5 Å². The molecule has 0 spiro atoms. The number of hydrogen-bond donors (Lipinski definition) is 0. The Bertz CT molecular complexity index is 496. The Morgan fingerprint density at radius 3 is 2.42 bits per heavy atom. The van der Waals surface area contributed by atoms with Crippen LogP contribution in [0.25, 0.3) is 0 Å². The van der Waals surface area contributed by atoms with Crippen LogP contribution < -0.4 is 0 Å². The molecule has 1 fully saturated rings. The number of rotatable bonds is 5. The van der Waals surface area contributed by atoms with E-state index in [2.05, 4.69) is 9.02 Å². The number of hydrogen-bond acceptors (Lipinski definition) is 7. The SMILES string of the molecule is CC(C)C(=O)OCS(=O)(=O)ON1C(=O)CC(C)C1=O. The van der Waals surface area contributed by atoms with Crippen molar-refractivity contribution in [3.63, 3.8) is 0 Å². The molecule has 1 saturated heterocycles. The van der Waals surface area contributed by atoms with Crippen molar-refractivity contribution in [3.05, 3.63) is 0 Å². The Morgan fingerprint density at radius 2 is 2.00 bits per heavy atom. The summed E-state index contributed by atoms with van der Waals surface area (Å²) in [5, 5.41) is 0.198. The third kappa shape index (κ3) is 4.00. The Kier molecular flexibility index (Phi) is 4.64.